The molecule has 0 bridgehead atoms. The molecule has 0 spiro atoms. The SMILES string of the molecule is COC1(CN2CCC[C@@](O)(c3cn(C(C)C)nn3)C2)CCOCC1. The average molecular weight is 338 g/mol. The summed E-state index contributed by atoms with van der Waals surface area (Å²) in [6, 6.07) is 0.244. The van der Waals surface area contributed by atoms with E-state index in [-0.39, 0.29) is 11.6 Å². The second kappa shape index (κ2) is 7.07. The molecular weight excluding hydrogens is 308 g/mol. The number of nitrogens with zero attached hydrogens (tertiary/aromatic N) is 4. The lowest BCUT2D eigenvalue weighted by molar-refractivity contribution is -0.121. The van der Waals surface area contributed by atoms with Crippen molar-refractivity contribution in [3.8, 4) is 0 Å². The monoisotopic (exact) mass is 338 g/mol. The molecule has 0 aromatic carbocycles. The Morgan fingerprint density at radius 3 is 2.71 bits per heavy atom. The van der Waals surface area contributed by atoms with Crippen molar-refractivity contribution in [2.24, 2.45) is 0 Å². The average Bonchev–Trinajstić information content (AvgIpc) is 3.07. The molecule has 3 heterocycles. The van der Waals surface area contributed by atoms with Crippen molar-refractivity contribution in [1.82, 2.24) is 19.9 Å². The topological polar surface area (TPSA) is 72.6 Å². The van der Waals surface area contributed by atoms with E-state index in [0.29, 0.717) is 12.2 Å². The fourth-order valence-corrected chi connectivity index (χ4v) is 3.79. The lowest BCUT2D eigenvalue weighted by Gasteiger charge is -2.44. The van der Waals surface area contributed by atoms with Crippen LogP contribution in [0.1, 0.15) is 51.3 Å². The van der Waals surface area contributed by atoms with E-state index in [2.05, 4.69) is 29.1 Å². The van der Waals surface area contributed by atoms with Crippen LogP contribution in [-0.4, -0.2) is 70.6 Å². The molecule has 24 heavy (non-hydrogen) atoms. The molecule has 2 aliphatic rings. The van der Waals surface area contributed by atoms with Gasteiger partial charge in [0.25, 0.3) is 0 Å². The summed E-state index contributed by atoms with van der Waals surface area (Å²) in [6.45, 7) is 7.99. The first-order chi connectivity index (χ1) is 11.5. The van der Waals surface area contributed by atoms with Crippen molar-refractivity contribution < 1.29 is 14.6 Å². The molecule has 1 aromatic rings. The number of methoxy groups -OCH3 is 1. The summed E-state index contributed by atoms with van der Waals surface area (Å²) in [4.78, 5) is 2.31. The first-order valence-electron chi connectivity index (χ1n) is 8.96. The highest BCUT2D eigenvalue weighted by molar-refractivity contribution is 5.10. The summed E-state index contributed by atoms with van der Waals surface area (Å²) in [5.41, 5.74) is -0.406. The van der Waals surface area contributed by atoms with Gasteiger partial charge in [-0.2, -0.15) is 0 Å². The van der Waals surface area contributed by atoms with Crippen molar-refractivity contribution in [3.05, 3.63) is 11.9 Å². The van der Waals surface area contributed by atoms with Crippen LogP contribution in [-0.2, 0) is 15.1 Å². The minimum Gasteiger partial charge on any atom is -0.382 e. The van der Waals surface area contributed by atoms with Gasteiger partial charge in [0, 0.05) is 52.3 Å². The zero-order valence-electron chi connectivity index (χ0n) is 15.1. The first-order valence-corrected chi connectivity index (χ1v) is 8.96. The number of hydrogen-bond acceptors (Lipinski definition) is 6. The molecule has 2 saturated heterocycles. The van der Waals surface area contributed by atoms with Gasteiger partial charge in [-0.25, -0.2) is 4.68 Å². The molecule has 0 radical (unpaired) electrons. The van der Waals surface area contributed by atoms with Crippen LogP contribution in [0.15, 0.2) is 6.20 Å². The van der Waals surface area contributed by atoms with Gasteiger partial charge in [-0.05, 0) is 33.2 Å². The van der Waals surface area contributed by atoms with Crippen LogP contribution in [0.4, 0.5) is 0 Å². The van der Waals surface area contributed by atoms with Gasteiger partial charge < -0.3 is 14.6 Å². The molecule has 2 fully saturated rings. The molecule has 1 aromatic heterocycles. The second-order valence-electron chi connectivity index (χ2n) is 7.52. The Morgan fingerprint density at radius 1 is 1.33 bits per heavy atom. The number of aromatic nitrogens is 3. The van der Waals surface area contributed by atoms with E-state index in [0.717, 1.165) is 52.0 Å². The number of β-amino-alcohol motifs (C(OH)–C–C–N with tert-alkyl or cyclic N) is 1. The summed E-state index contributed by atoms with van der Waals surface area (Å²) in [6.07, 6.45) is 5.36. The van der Waals surface area contributed by atoms with Crippen LogP contribution in [0.2, 0.25) is 0 Å². The Hall–Kier alpha value is -1.02. The maximum absolute atomic E-state index is 11.2. The zero-order valence-corrected chi connectivity index (χ0v) is 15.1. The van der Waals surface area contributed by atoms with E-state index in [9.17, 15) is 5.11 Å². The number of ether oxygens (including phenoxy) is 2. The molecule has 7 nitrogen and oxygen atoms in total. The molecule has 3 rings (SSSR count). The van der Waals surface area contributed by atoms with Crippen LogP contribution < -0.4 is 0 Å². The van der Waals surface area contributed by atoms with Gasteiger partial charge in [-0.3, -0.25) is 4.90 Å². The number of likely N-dealkylation sites (tertiary alicyclic amines) is 1. The van der Waals surface area contributed by atoms with Crippen LogP contribution >= 0.6 is 0 Å². The largest absolute Gasteiger partial charge is 0.382 e. The standard InChI is InChI=1S/C17H30N4O3/c1-14(2)21-11-15(18-19-21)17(22)5-4-8-20(13-17)12-16(23-3)6-9-24-10-7-16/h11,14,22H,4-10,12-13H2,1-3H3/t17-/m0/s1. The third-order valence-electron chi connectivity index (χ3n) is 5.41. The summed E-state index contributed by atoms with van der Waals surface area (Å²) >= 11 is 0. The number of piperidine rings is 1. The van der Waals surface area contributed by atoms with Gasteiger partial charge in [-0.15, -0.1) is 5.10 Å². The number of rotatable bonds is 5. The van der Waals surface area contributed by atoms with E-state index in [1.807, 2.05) is 6.20 Å². The zero-order chi connectivity index (χ0) is 17.2. The molecule has 136 valence electrons. The lowest BCUT2D eigenvalue weighted by atomic mass is 9.87. The Balaban J connectivity index is 1.70. The Kier molecular flexibility index (Phi) is 5.24. The molecule has 0 saturated carbocycles. The second-order valence-corrected chi connectivity index (χ2v) is 7.52. The highest BCUT2D eigenvalue weighted by Crippen LogP contribution is 2.33. The van der Waals surface area contributed by atoms with Crippen molar-refractivity contribution >= 4 is 0 Å². The van der Waals surface area contributed by atoms with Crippen molar-refractivity contribution in [3.63, 3.8) is 0 Å². The Morgan fingerprint density at radius 2 is 2.08 bits per heavy atom. The fraction of sp³-hybridized carbons (Fsp3) is 0.882. The quantitative estimate of drug-likeness (QED) is 0.873. The van der Waals surface area contributed by atoms with Crippen molar-refractivity contribution in [2.45, 2.75) is 56.8 Å². The summed E-state index contributed by atoms with van der Waals surface area (Å²) in [5, 5.41) is 19.6. The highest BCUT2D eigenvalue weighted by atomic mass is 16.5. The van der Waals surface area contributed by atoms with E-state index in [1.54, 1.807) is 11.8 Å². The summed E-state index contributed by atoms with van der Waals surface area (Å²) in [5.74, 6) is 0. The summed E-state index contributed by atoms with van der Waals surface area (Å²) < 4.78 is 13.1. The van der Waals surface area contributed by atoms with Crippen LogP contribution in [0.5, 0.6) is 0 Å². The molecule has 2 aliphatic heterocycles. The number of hydrogen-bond donors (Lipinski definition) is 1. The Bertz CT molecular complexity index is 542. The van der Waals surface area contributed by atoms with Gasteiger partial charge >= 0.3 is 0 Å². The molecule has 0 aliphatic carbocycles. The van der Waals surface area contributed by atoms with E-state index >= 15 is 0 Å². The Labute approximate surface area is 143 Å². The molecular formula is C17H30N4O3. The third kappa shape index (κ3) is 3.64. The maximum Gasteiger partial charge on any atom is 0.123 e. The minimum absolute atomic E-state index is 0.161. The van der Waals surface area contributed by atoms with Crippen LogP contribution in [0.3, 0.4) is 0 Å². The van der Waals surface area contributed by atoms with Gasteiger partial charge in [0.15, 0.2) is 0 Å². The van der Waals surface area contributed by atoms with E-state index in [4.69, 9.17) is 9.47 Å². The molecule has 1 atom stereocenters. The predicted octanol–water partition coefficient (Wildman–Crippen LogP) is 1.34. The van der Waals surface area contributed by atoms with Crippen molar-refractivity contribution in [2.75, 3.05) is 40.0 Å². The van der Waals surface area contributed by atoms with Crippen molar-refractivity contribution in [1.29, 1.82) is 0 Å². The van der Waals surface area contributed by atoms with Gasteiger partial charge in [0.05, 0.1) is 11.8 Å². The molecule has 7 heteroatoms. The lowest BCUT2D eigenvalue weighted by Crippen LogP contribution is -2.54. The summed E-state index contributed by atoms with van der Waals surface area (Å²) in [7, 11) is 1.79. The third-order valence-corrected chi connectivity index (χ3v) is 5.41. The van der Waals surface area contributed by atoms with Gasteiger partial charge in [-0.1, -0.05) is 5.21 Å². The molecule has 1 N–H and O–H groups in total. The predicted molar refractivity (Wildman–Crippen MR) is 89.8 cm³/mol. The van der Waals surface area contributed by atoms with E-state index in [1.165, 1.54) is 0 Å². The minimum atomic E-state index is -0.925. The van der Waals surface area contributed by atoms with Gasteiger partial charge in [0.1, 0.15) is 11.3 Å². The van der Waals surface area contributed by atoms with E-state index < -0.39 is 5.60 Å². The van der Waals surface area contributed by atoms with Crippen LogP contribution in [0.25, 0.3) is 0 Å². The molecule has 0 unspecified atom stereocenters. The molecule has 0 amide bonds. The van der Waals surface area contributed by atoms with Crippen LogP contribution in [0, 0.1) is 0 Å². The smallest absolute Gasteiger partial charge is 0.123 e. The van der Waals surface area contributed by atoms with Gasteiger partial charge in [0.2, 0.25) is 0 Å². The normalized spacial score (nSPS) is 28.4. The first kappa shape index (κ1) is 17.8. The maximum atomic E-state index is 11.2. The number of aliphatic hydroxyl groups is 1. The fourth-order valence-electron chi connectivity index (χ4n) is 3.79. The highest BCUT2D eigenvalue weighted by Gasteiger charge is 2.41.